The molecule has 0 aliphatic rings. The maximum absolute atomic E-state index is 13.3. The second-order valence-corrected chi connectivity index (χ2v) is 15.6. The predicted octanol–water partition coefficient (Wildman–Crippen LogP) is 5.31. The molecule has 0 saturated carbocycles. The number of hydrogen-bond donors (Lipinski definition) is 3. The van der Waals surface area contributed by atoms with Crippen molar-refractivity contribution in [2.75, 3.05) is 0 Å². The van der Waals surface area contributed by atoms with E-state index in [-0.39, 0.29) is 29.5 Å². The van der Waals surface area contributed by atoms with Gasteiger partial charge in [-0.15, -0.1) is 0 Å². The highest BCUT2D eigenvalue weighted by atomic mass is 28.4. The molecule has 3 N–H and O–H groups in total. The number of carbonyl (C=O) groups excluding carboxylic acids is 2. The molecule has 2 atom stereocenters. The van der Waals surface area contributed by atoms with E-state index in [0.717, 1.165) is 11.1 Å². The van der Waals surface area contributed by atoms with E-state index >= 15 is 0 Å². The second-order valence-electron chi connectivity index (χ2n) is 10.2. The summed E-state index contributed by atoms with van der Waals surface area (Å²) < 4.78 is 6.18. The van der Waals surface area contributed by atoms with Crippen molar-refractivity contribution in [2.24, 2.45) is 0 Å². The zero-order valence-corrected chi connectivity index (χ0v) is 23.2. The number of aliphatic carboxylic acids is 1. The average Bonchev–Trinajstić information content (AvgIpc) is 2.82. The zero-order valence-electron chi connectivity index (χ0n) is 22.2. The Labute approximate surface area is 215 Å². The topological polar surface area (TPSA) is 105 Å². The van der Waals surface area contributed by atoms with Gasteiger partial charge in [-0.3, -0.25) is 4.79 Å². The Balaban J connectivity index is 2.26. The molecule has 0 aliphatic carbocycles. The van der Waals surface area contributed by atoms with E-state index in [0.29, 0.717) is 0 Å². The standard InChI is InChI=1S/C28H40N2O5Si/c1-19(2)36(20(3)4,21(5)6)35-28(34)30-24(17-22-13-9-7-10-14-22)26(31)29-25(27(32)33)18-23-15-11-8-12-16-23/h7-16,19-21,24-25H,17-18H2,1-6H3,(H,29,31)(H,30,34)(H,32,33)/t24-,25-/m0/s1. The monoisotopic (exact) mass is 512 g/mol. The molecule has 0 bridgehead atoms. The highest BCUT2D eigenvalue weighted by Gasteiger charge is 2.48. The van der Waals surface area contributed by atoms with Gasteiger partial charge in [0.05, 0.1) is 0 Å². The molecule has 2 amide bonds. The number of carboxylic acids is 1. The molecule has 0 radical (unpaired) electrons. The molecule has 0 spiro atoms. The molecular formula is C28H40N2O5Si. The highest BCUT2D eigenvalue weighted by Crippen LogP contribution is 2.42. The van der Waals surface area contributed by atoms with Crippen LogP contribution in [0.2, 0.25) is 16.6 Å². The first kappa shape index (κ1) is 29.1. The highest BCUT2D eigenvalue weighted by molar-refractivity contribution is 6.78. The van der Waals surface area contributed by atoms with E-state index < -0.39 is 38.4 Å². The molecule has 0 unspecified atom stereocenters. The molecule has 0 heterocycles. The van der Waals surface area contributed by atoms with Crippen LogP contribution in [0.5, 0.6) is 0 Å². The van der Waals surface area contributed by atoms with Crippen molar-refractivity contribution in [2.45, 2.75) is 83.1 Å². The Kier molecular flexibility index (Phi) is 10.7. The number of carbonyl (C=O) groups is 3. The Hall–Kier alpha value is -3.13. The Morgan fingerprint density at radius 3 is 1.53 bits per heavy atom. The lowest BCUT2D eigenvalue weighted by Crippen LogP contribution is -2.56. The maximum Gasteiger partial charge on any atom is 0.394 e. The van der Waals surface area contributed by atoms with Crippen molar-refractivity contribution in [1.82, 2.24) is 10.6 Å². The molecule has 2 aromatic carbocycles. The van der Waals surface area contributed by atoms with Gasteiger partial charge in [-0.25, -0.2) is 9.59 Å². The molecular weight excluding hydrogens is 472 g/mol. The van der Waals surface area contributed by atoms with E-state index in [1.165, 1.54) is 0 Å². The van der Waals surface area contributed by atoms with Crippen molar-refractivity contribution < 1.29 is 23.9 Å². The molecule has 8 heteroatoms. The van der Waals surface area contributed by atoms with Crippen molar-refractivity contribution in [3.8, 4) is 0 Å². The summed E-state index contributed by atoms with van der Waals surface area (Å²) in [5, 5.41) is 15.1. The number of hydrogen-bond acceptors (Lipinski definition) is 4. The first-order valence-corrected chi connectivity index (χ1v) is 14.7. The number of carboxylic acid groups (broad SMARTS) is 1. The van der Waals surface area contributed by atoms with E-state index in [2.05, 4.69) is 52.2 Å². The van der Waals surface area contributed by atoms with Gasteiger partial charge in [0, 0.05) is 12.8 Å². The van der Waals surface area contributed by atoms with Crippen LogP contribution in [0, 0.1) is 0 Å². The Morgan fingerprint density at radius 2 is 1.14 bits per heavy atom. The number of rotatable bonds is 12. The summed E-state index contributed by atoms with van der Waals surface area (Å²) in [5.41, 5.74) is 2.19. The van der Waals surface area contributed by atoms with Gasteiger partial charge in [-0.2, -0.15) is 0 Å². The summed E-state index contributed by atoms with van der Waals surface area (Å²) in [7, 11) is -2.52. The van der Waals surface area contributed by atoms with Gasteiger partial charge in [-0.1, -0.05) is 102 Å². The summed E-state index contributed by atoms with van der Waals surface area (Å²) in [6.45, 7) is 12.5. The maximum atomic E-state index is 13.3. The lowest BCUT2D eigenvalue weighted by Gasteiger charge is -2.41. The fourth-order valence-corrected chi connectivity index (χ4v) is 10.2. The zero-order chi connectivity index (χ0) is 26.9. The van der Waals surface area contributed by atoms with Crippen LogP contribution in [0.15, 0.2) is 60.7 Å². The largest absolute Gasteiger partial charge is 0.503 e. The third kappa shape index (κ3) is 7.68. The third-order valence-corrected chi connectivity index (χ3v) is 12.7. The molecule has 36 heavy (non-hydrogen) atoms. The lowest BCUT2D eigenvalue weighted by atomic mass is 10.0. The van der Waals surface area contributed by atoms with E-state index in [1.54, 1.807) is 0 Å². The summed E-state index contributed by atoms with van der Waals surface area (Å²) in [6.07, 6.45) is -0.295. The fourth-order valence-electron chi connectivity index (χ4n) is 5.07. The fraction of sp³-hybridized carbons (Fsp3) is 0.464. The first-order chi connectivity index (χ1) is 17.0. The van der Waals surface area contributed by atoms with Crippen LogP contribution in [0.3, 0.4) is 0 Å². The van der Waals surface area contributed by atoms with Gasteiger partial charge in [0.25, 0.3) is 8.32 Å². The molecule has 0 aromatic heterocycles. The van der Waals surface area contributed by atoms with Crippen LogP contribution in [-0.2, 0) is 26.9 Å². The molecule has 0 aliphatic heterocycles. The molecule has 7 nitrogen and oxygen atoms in total. The van der Waals surface area contributed by atoms with Gasteiger partial charge < -0.3 is 20.2 Å². The van der Waals surface area contributed by atoms with Crippen molar-refractivity contribution in [1.29, 1.82) is 0 Å². The minimum absolute atomic E-state index is 0.133. The minimum atomic E-state index is -2.52. The second kappa shape index (κ2) is 13.3. The Bertz CT molecular complexity index is 974. The lowest BCUT2D eigenvalue weighted by molar-refractivity contribution is -0.142. The van der Waals surface area contributed by atoms with E-state index in [9.17, 15) is 19.5 Å². The van der Waals surface area contributed by atoms with Crippen LogP contribution in [-0.4, -0.2) is 43.5 Å². The van der Waals surface area contributed by atoms with Gasteiger partial charge in [0.1, 0.15) is 12.1 Å². The Morgan fingerprint density at radius 1 is 0.722 bits per heavy atom. The molecule has 0 fully saturated rings. The van der Waals surface area contributed by atoms with Gasteiger partial charge >= 0.3 is 12.1 Å². The first-order valence-electron chi connectivity index (χ1n) is 12.6. The number of amides is 2. The molecule has 196 valence electrons. The molecule has 2 aromatic rings. The minimum Gasteiger partial charge on any atom is -0.503 e. The van der Waals surface area contributed by atoms with Crippen LogP contribution >= 0.6 is 0 Å². The van der Waals surface area contributed by atoms with Crippen LogP contribution in [0.4, 0.5) is 4.79 Å². The molecule has 2 rings (SSSR count). The SMILES string of the molecule is CC(C)[Si](OC(=O)N[C@@H](Cc1ccccc1)C(=O)N[C@@H](Cc1ccccc1)C(=O)O)(C(C)C)C(C)C. The van der Waals surface area contributed by atoms with Gasteiger partial charge in [0.2, 0.25) is 5.91 Å². The summed E-state index contributed by atoms with van der Waals surface area (Å²) >= 11 is 0. The van der Waals surface area contributed by atoms with Crippen molar-refractivity contribution in [3.63, 3.8) is 0 Å². The van der Waals surface area contributed by atoms with E-state index in [1.807, 2.05) is 60.7 Å². The summed E-state index contributed by atoms with van der Waals surface area (Å²) in [5.74, 6) is -1.70. The van der Waals surface area contributed by atoms with E-state index in [4.69, 9.17) is 4.43 Å². The predicted molar refractivity (Wildman–Crippen MR) is 144 cm³/mol. The van der Waals surface area contributed by atoms with Gasteiger partial charge in [-0.05, 0) is 27.8 Å². The van der Waals surface area contributed by atoms with Gasteiger partial charge in [0.15, 0.2) is 0 Å². The van der Waals surface area contributed by atoms with Crippen molar-refractivity contribution in [3.05, 3.63) is 71.8 Å². The van der Waals surface area contributed by atoms with Crippen molar-refractivity contribution >= 4 is 26.3 Å². The quantitative estimate of drug-likeness (QED) is 0.334. The normalized spacial score (nSPS) is 13.4. The number of benzene rings is 2. The summed E-state index contributed by atoms with van der Waals surface area (Å²) in [6, 6.07) is 16.3. The third-order valence-electron chi connectivity index (χ3n) is 6.77. The van der Waals surface area contributed by atoms with Crippen LogP contribution in [0.25, 0.3) is 0 Å². The molecule has 0 saturated heterocycles. The van der Waals surface area contributed by atoms with Crippen LogP contribution in [0.1, 0.15) is 52.7 Å². The smallest absolute Gasteiger partial charge is 0.394 e. The van der Waals surface area contributed by atoms with Crippen LogP contribution < -0.4 is 10.6 Å². The average molecular weight is 513 g/mol. The number of nitrogens with one attached hydrogen (secondary N) is 2. The summed E-state index contributed by atoms with van der Waals surface area (Å²) in [4.78, 5) is 38.4.